The lowest BCUT2D eigenvalue weighted by Gasteiger charge is -2.28. The molecule has 0 spiro atoms. The number of rotatable bonds is 6. The highest BCUT2D eigenvalue weighted by Crippen LogP contribution is 2.20. The van der Waals surface area contributed by atoms with Crippen LogP contribution >= 0.6 is 11.8 Å². The number of thioether (sulfide) groups is 1. The van der Waals surface area contributed by atoms with Gasteiger partial charge in [0, 0.05) is 37.2 Å². The Morgan fingerprint density at radius 1 is 1.30 bits per heavy atom. The van der Waals surface area contributed by atoms with E-state index in [9.17, 15) is 5.11 Å². The molecule has 20 heavy (non-hydrogen) atoms. The second-order valence-electron chi connectivity index (χ2n) is 5.15. The van der Waals surface area contributed by atoms with Crippen LogP contribution in [0.4, 0.5) is 11.6 Å². The van der Waals surface area contributed by atoms with Crippen LogP contribution in [0.1, 0.15) is 26.7 Å². The number of hydrogen-bond donors (Lipinski definition) is 2. The Morgan fingerprint density at radius 3 is 2.65 bits per heavy atom. The second kappa shape index (κ2) is 7.13. The molecule has 1 aromatic heterocycles. The third kappa shape index (κ3) is 3.99. The van der Waals surface area contributed by atoms with Crippen molar-refractivity contribution in [3.05, 3.63) is 12.4 Å². The molecule has 2 rings (SSSR count). The van der Waals surface area contributed by atoms with E-state index >= 15 is 0 Å². The van der Waals surface area contributed by atoms with Gasteiger partial charge in [-0.1, -0.05) is 13.8 Å². The summed E-state index contributed by atoms with van der Waals surface area (Å²) in [6.07, 6.45) is 3.06. The van der Waals surface area contributed by atoms with E-state index in [-0.39, 0.29) is 0 Å². The maximum Gasteiger partial charge on any atom is 0.134 e. The van der Waals surface area contributed by atoms with Crippen molar-refractivity contribution in [1.29, 1.82) is 0 Å². The maximum absolute atomic E-state index is 10.3. The molecule has 1 saturated heterocycles. The fourth-order valence-corrected chi connectivity index (χ4v) is 3.07. The molecular formula is C14H24N4OS. The molecule has 0 bridgehead atoms. The van der Waals surface area contributed by atoms with Crippen LogP contribution < -0.4 is 10.2 Å². The number of anilines is 2. The van der Waals surface area contributed by atoms with Crippen LogP contribution in [0, 0.1) is 0 Å². The van der Waals surface area contributed by atoms with Crippen molar-refractivity contribution in [2.75, 3.05) is 41.4 Å². The average molecular weight is 296 g/mol. The van der Waals surface area contributed by atoms with E-state index in [1.54, 1.807) is 6.33 Å². The smallest absolute Gasteiger partial charge is 0.134 e. The maximum atomic E-state index is 10.3. The van der Waals surface area contributed by atoms with Crippen molar-refractivity contribution in [2.45, 2.75) is 32.3 Å². The molecule has 1 fully saturated rings. The molecule has 0 radical (unpaired) electrons. The average Bonchev–Trinajstić information content (AvgIpc) is 2.54. The summed E-state index contributed by atoms with van der Waals surface area (Å²) in [6, 6.07) is 1.97. The summed E-state index contributed by atoms with van der Waals surface area (Å²) in [4.78, 5) is 10.9. The number of nitrogens with zero attached hydrogens (tertiary/aromatic N) is 3. The molecular weight excluding hydrogens is 272 g/mol. The van der Waals surface area contributed by atoms with Crippen molar-refractivity contribution >= 4 is 23.4 Å². The predicted molar refractivity (Wildman–Crippen MR) is 85.6 cm³/mol. The summed E-state index contributed by atoms with van der Waals surface area (Å²) in [5, 5.41) is 13.5. The second-order valence-corrected chi connectivity index (χ2v) is 6.37. The number of nitrogens with one attached hydrogen (secondary N) is 1. The van der Waals surface area contributed by atoms with Crippen molar-refractivity contribution in [1.82, 2.24) is 9.97 Å². The van der Waals surface area contributed by atoms with Gasteiger partial charge in [-0.15, -0.1) is 0 Å². The van der Waals surface area contributed by atoms with Gasteiger partial charge in [-0.25, -0.2) is 9.97 Å². The van der Waals surface area contributed by atoms with Gasteiger partial charge in [0.2, 0.25) is 0 Å². The van der Waals surface area contributed by atoms with Gasteiger partial charge in [-0.05, 0) is 12.8 Å². The first kappa shape index (κ1) is 15.4. The minimum absolute atomic E-state index is 0.520. The van der Waals surface area contributed by atoms with Crippen LogP contribution in [-0.2, 0) is 0 Å². The third-order valence-electron chi connectivity index (χ3n) is 3.90. The van der Waals surface area contributed by atoms with E-state index in [4.69, 9.17) is 0 Å². The van der Waals surface area contributed by atoms with Crippen LogP contribution in [-0.4, -0.2) is 51.8 Å². The van der Waals surface area contributed by atoms with Crippen LogP contribution in [0.3, 0.4) is 0 Å². The zero-order valence-electron chi connectivity index (χ0n) is 12.3. The lowest BCUT2D eigenvalue weighted by atomic mass is 9.98. The topological polar surface area (TPSA) is 61.3 Å². The van der Waals surface area contributed by atoms with Gasteiger partial charge in [-0.2, -0.15) is 11.8 Å². The first-order chi connectivity index (χ1) is 9.67. The summed E-state index contributed by atoms with van der Waals surface area (Å²) < 4.78 is 0. The zero-order chi connectivity index (χ0) is 14.4. The minimum Gasteiger partial charge on any atom is -0.388 e. The van der Waals surface area contributed by atoms with Gasteiger partial charge in [0.15, 0.2) is 0 Å². The highest BCUT2D eigenvalue weighted by atomic mass is 32.2. The summed E-state index contributed by atoms with van der Waals surface area (Å²) in [5.41, 5.74) is -0.660. The van der Waals surface area contributed by atoms with Crippen LogP contribution in [0.5, 0.6) is 0 Å². The first-order valence-corrected chi connectivity index (χ1v) is 8.43. The zero-order valence-corrected chi connectivity index (χ0v) is 13.1. The molecule has 0 aliphatic carbocycles. The first-order valence-electron chi connectivity index (χ1n) is 7.28. The fourth-order valence-electron chi connectivity index (χ4n) is 2.16. The predicted octanol–water partition coefficient (Wildman–Crippen LogP) is 1.99. The van der Waals surface area contributed by atoms with Gasteiger partial charge in [0.1, 0.15) is 18.0 Å². The van der Waals surface area contributed by atoms with Crippen molar-refractivity contribution < 1.29 is 5.11 Å². The molecule has 6 heteroatoms. The molecule has 112 valence electrons. The molecule has 0 aromatic carbocycles. The molecule has 5 nitrogen and oxygen atoms in total. The van der Waals surface area contributed by atoms with E-state index < -0.39 is 5.60 Å². The summed E-state index contributed by atoms with van der Waals surface area (Å²) in [5.74, 6) is 4.06. The Balaban J connectivity index is 1.98. The summed E-state index contributed by atoms with van der Waals surface area (Å²) in [7, 11) is 0. The summed E-state index contributed by atoms with van der Waals surface area (Å²) >= 11 is 1.98. The van der Waals surface area contributed by atoms with Crippen molar-refractivity contribution in [3.8, 4) is 0 Å². The molecule has 1 aliphatic heterocycles. The highest BCUT2D eigenvalue weighted by molar-refractivity contribution is 7.99. The Labute approximate surface area is 125 Å². The third-order valence-corrected chi connectivity index (χ3v) is 4.85. The fraction of sp³-hybridized carbons (Fsp3) is 0.714. The normalized spacial score (nSPS) is 16.2. The van der Waals surface area contributed by atoms with Gasteiger partial charge >= 0.3 is 0 Å². The monoisotopic (exact) mass is 296 g/mol. The lowest BCUT2D eigenvalue weighted by Crippen LogP contribution is -2.36. The van der Waals surface area contributed by atoms with E-state index in [0.29, 0.717) is 6.54 Å². The van der Waals surface area contributed by atoms with Crippen molar-refractivity contribution in [2.24, 2.45) is 0 Å². The van der Waals surface area contributed by atoms with E-state index in [0.717, 1.165) is 49.1 Å². The van der Waals surface area contributed by atoms with E-state index in [1.165, 1.54) is 0 Å². The van der Waals surface area contributed by atoms with Crippen LogP contribution in [0.2, 0.25) is 0 Å². The quantitative estimate of drug-likeness (QED) is 0.837. The Kier molecular flexibility index (Phi) is 5.48. The SMILES string of the molecule is CCC(O)(CC)CNc1cc(N2CCSCC2)ncn1. The molecule has 2 N–H and O–H groups in total. The number of aromatic nitrogens is 2. The molecule has 0 saturated carbocycles. The molecule has 1 aliphatic rings. The van der Waals surface area contributed by atoms with Gasteiger partial charge in [0.25, 0.3) is 0 Å². The largest absolute Gasteiger partial charge is 0.388 e. The number of aliphatic hydroxyl groups is 1. The van der Waals surface area contributed by atoms with Crippen molar-refractivity contribution in [3.63, 3.8) is 0 Å². The standard InChI is InChI=1S/C14H24N4OS/c1-3-14(19,4-2)10-15-12-9-13(17-11-16-12)18-5-7-20-8-6-18/h9,11,19H,3-8,10H2,1-2H3,(H,15,16,17). The Morgan fingerprint density at radius 2 is 2.00 bits per heavy atom. The van der Waals surface area contributed by atoms with Crippen LogP contribution in [0.25, 0.3) is 0 Å². The highest BCUT2D eigenvalue weighted by Gasteiger charge is 2.22. The van der Waals surface area contributed by atoms with Gasteiger partial charge in [0.05, 0.1) is 5.60 Å². The Hall–Kier alpha value is -1.01. The van der Waals surface area contributed by atoms with Gasteiger partial charge < -0.3 is 15.3 Å². The van der Waals surface area contributed by atoms with Gasteiger partial charge in [-0.3, -0.25) is 0 Å². The Bertz CT molecular complexity index is 419. The van der Waals surface area contributed by atoms with E-state index in [2.05, 4.69) is 20.2 Å². The summed E-state index contributed by atoms with van der Waals surface area (Å²) in [6.45, 7) is 6.60. The van der Waals surface area contributed by atoms with Crippen LogP contribution in [0.15, 0.2) is 12.4 Å². The molecule has 1 aromatic rings. The molecule has 0 amide bonds. The molecule has 2 heterocycles. The minimum atomic E-state index is -0.660. The molecule has 0 atom stereocenters. The van der Waals surface area contributed by atoms with E-state index in [1.807, 2.05) is 31.7 Å². The lowest BCUT2D eigenvalue weighted by molar-refractivity contribution is 0.0456. The molecule has 0 unspecified atom stereocenters. The number of hydrogen-bond acceptors (Lipinski definition) is 6.